The topological polar surface area (TPSA) is 71.2 Å². The summed E-state index contributed by atoms with van der Waals surface area (Å²) in [5, 5.41) is 16.6. The molecular weight excluding hydrogens is 266 g/mol. The number of aromatic hydroxyl groups is 1. The molecule has 1 aromatic heterocycles. The van der Waals surface area contributed by atoms with E-state index in [1.54, 1.807) is 19.1 Å². The molecule has 0 fully saturated rings. The fraction of sp³-hybridized carbons (Fsp3) is 0.125. The normalized spacial score (nSPS) is 10.5. The van der Waals surface area contributed by atoms with Crippen molar-refractivity contribution >= 4 is 5.69 Å². The lowest BCUT2D eigenvalue weighted by molar-refractivity contribution is 0.426. The van der Waals surface area contributed by atoms with Crippen LogP contribution in [0.25, 0.3) is 11.5 Å². The van der Waals surface area contributed by atoms with Gasteiger partial charge < -0.3 is 14.9 Å². The number of benzene rings is 2. The van der Waals surface area contributed by atoms with E-state index in [2.05, 4.69) is 15.5 Å². The number of hydrogen-bond donors (Lipinski definition) is 2. The van der Waals surface area contributed by atoms with Gasteiger partial charge in [0, 0.05) is 12.2 Å². The Bertz CT molecular complexity index is 753. The second kappa shape index (κ2) is 5.66. The van der Waals surface area contributed by atoms with Gasteiger partial charge in [0.2, 0.25) is 0 Å². The predicted octanol–water partition coefficient (Wildman–Crippen LogP) is 3.36. The summed E-state index contributed by atoms with van der Waals surface area (Å²) in [6.45, 7) is 2.38. The molecule has 0 aliphatic carbocycles. The van der Waals surface area contributed by atoms with Gasteiger partial charge in [0.05, 0.1) is 5.56 Å². The number of anilines is 1. The molecule has 21 heavy (non-hydrogen) atoms. The largest absolute Gasteiger partial charge is 0.508 e. The zero-order valence-corrected chi connectivity index (χ0v) is 11.6. The molecule has 0 amide bonds. The minimum absolute atomic E-state index is 0.259. The molecular formula is C16H15N3O2. The van der Waals surface area contributed by atoms with Gasteiger partial charge in [-0.3, -0.25) is 0 Å². The highest BCUT2D eigenvalue weighted by molar-refractivity contribution is 5.72. The Kier molecular flexibility index (Phi) is 3.55. The van der Waals surface area contributed by atoms with Crippen LogP contribution in [0, 0.1) is 6.92 Å². The van der Waals surface area contributed by atoms with Gasteiger partial charge in [0.1, 0.15) is 5.75 Å². The minimum atomic E-state index is 0.259. The summed E-state index contributed by atoms with van der Waals surface area (Å²) in [5.74, 6) is 1.36. The number of nitrogens with zero attached hydrogens (tertiary/aromatic N) is 2. The Hall–Kier alpha value is -2.82. The molecule has 0 saturated heterocycles. The van der Waals surface area contributed by atoms with Crippen molar-refractivity contribution in [2.45, 2.75) is 13.5 Å². The molecule has 0 unspecified atom stereocenters. The molecule has 0 radical (unpaired) electrons. The molecule has 0 aliphatic heterocycles. The summed E-state index contributed by atoms with van der Waals surface area (Å²) >= 11 is 0. The van der Waals surface area contributed by atoms with Gasteiger partial charge in [-0.2, -0.15) is 4.98 Å². The fourth-order valence-electron chi connectivity index (χ4n) is 2.09. The van der Waals surface area contributed by atoms with E-state index in [1.807, 2.05) is 36.4 Å². The number of phenols is 1. The first kappa shape index (κ1) is 13.2. The van der Waals surface area contributed by atoms with E-state index >= 15 is 0 Å². The monoisotopic (exact) mass is 281 g/mol. The summed E-state index contributed by atoms with van der Waals surface area (Å²) < 4.78 is 5.22. The first-order valence-corrected chi connectivity index (χ1v) is 6.64. The molecule has 106 valence electrons. The Morgan fingerprint density at radius 3 is 2.76 bits per heavy atom. The Morgan fingerprint density at radius 1 is 1.14 bits per heavy atom. The molecule has 1 heterocycles. The van der Waals surface area contributed by atoms with Gasteiger partial charge in [-0.05, 0) is 36.8 Å². The SMILES string of the molecule is Cc1noc(-c2ccccc2NCc2cccc(O)c2)n1. The first-order chi connectivity index (χ1) is 10.2. The van der Waals surface area contributed by atoms with E-state index in [4.69, 9.17) is 4.52 Å². The number of nitrogens with one attached hydrogen (secondary N) is 1. The molecule has 0 atom stereocenters. The van der Waals surface area contributed by atoms with Crippen LogP contribution < -0.4 is 5.32 Å². The molecule has 2 N–H and O–H groups in total. The van der Waals surface area contributed by atoms with E-state index in [0.29, 0.717) is 18.3 Å². The van der Waals surface area contributed by atoms with Crippen LogP contribution in [-0.2, 0) is 6.54 Å². The van der Waals surface area contributed by atoms with E-state index in [0.717, 1.165) is 16.8 Å². The molecule has 3 aromatic rings. The highest BCUT2D eigenvalue weighted by Gasteiger charge is 2.10. The maximum absolute atomic E-state index is 9.48. The molecule has 3 rings (SSSR count). The molecule has 0 saturated carbocycles. The summed E-state index contributed by atoms with van der Waals surface area (Å²) in [5.41, 5.74) is 2.76. The zero-order valence-electron chi connectivity index (χ0n) is 11.6. The van der Waals surface area contributed by atoms with Gasteiger partial charge in [-0.1, -0.05) is 29.4 Å². The van der Waals surface area contributed by atoms with Crippen molar-refractivity contribution in [1.29, 1.82) is 0 Å². The third kappa shape index (κ3) is 3.02. The van der Waals surface area contributed by atoms with Crippen LogP contribution >= 0.6 is 0 Å². The molecule has 5 nitrogen and oxygen atoms in total. The van der Waals surface area contributed by atoms with Crippen LogP contribution in [-0.4, -0.2) is 15.2 Å². The Morgan fingerprint density at radius 2 is 2.00 bits per heavy atom. The van der Waals surface area contributed by atoms with Crippen LogP contribution in [0.2, 0.25) is 0 Å². The van der Waals surface area contributed by atoms with Crippen molar-refractivity contribution in [2.24, 2.45) is 0 Å². The number of aromatic nitrogens is 2. The summed E-state index contributed by atoms with van der Waals surface area (Å²) in [6.07, 6.45) is 0. The minimum Gasteiger partial charge on any atom is -0.508 e. The number of phenolic OH excluding ortho intramolecular Hbond substituents is 1. The zero-order chi connectivity index (χ0) is 14.7. The highest BCUT2D eigenvalue weighted by atomic mass is 16.5. The lowest BCUT2D eigenvalue weighted by Gasteiger charge is -2.09. The van der Waals surface area contributed by atoms with Crippen LogP contribution in [0.3, 0.4) is 0 Å². The second-order valence-corrected chi connectivity index (χ2v) is 4.72. The Balaban J connectivity index is 1.83. The van der Waals surface area contributed by atoms with E-state index in [9.17, 15) is 5.11 Å². The van der Waals surface area contributed by atoms with Crippen molar-refractivity contribution < 1.29 is 9.63 Å². The first-order valence-electron chi connectivity index (χ1n) is 6.64. The number of aryl methyl sites for hydroxylation is 1. The maximum Gasteiger partial charge on any atom is 0.260 e. The third-order valence-electron chi connectivity index (χ3n) is 3.08. The van der Waals surface area contributed by atoms with Gasteiger partial charge in [0.25, 0.3) is 5.89 Å². The third-order valence-corrected chi connectivity index (χ3v) is 3.08. The summed E-state index contributed by atoms with van der Waals surface area (Å²) in [7, 11) is 0. The quantitative estimate of drug-likeness (QED) is 0.767. The van der Waals surface area contributed by atoms with Gasteiger partial charge in [0.15, 0.2) is 5.82 Å². The van der Waals surface area contributed by atoms with Crippen molar-refractivity contribution in [3.8, 4) is 17.2 Å². The summed E-state index contributed by atoms with van der Waals surface area (Å²) in [6, 6.07) is 14.9. The molecule has 0 bridgehead atoms. The van der Waals surface area contributed by atoms with E-state index in [-0.39, 0.29) is 5.75 Å². The molecule has 0 spiro atoms. The fourth-order valence-corrected chi connectivity index (χ4v) is 2.09. The summed E-state index contributed by atoms with van der Waals surface area (Å²) in [4.78, 5) is 4.25. The van der Waals surface area contributed by atoms with Crippen LogP contribution in [0.4, 0.5) is 5.69 Å². The van der Waals surface area contributed by atoms with Crippen molar-refractivity contribution in [3.63, 3.8) is 0 Å². The van der Waals surface area contributed by atoms with Crippen molar-refractivity contribution in [3.05, 3.63) is 59.9 Å². The average molecular weight is 281 g/mol. The van der Waals surface area contributed by atoms with Gasteiger partial charge in [-0.25, -0.2) is 0 Å². The number of rotatable bonds is 4. The van der Waals surface area contributed by atoms with E-state index < -0.39 is 0 Å². The van der Waals surface area contributed by atoms with Crippen molar-refractivity contribution in [1.82, 2.24) is 10.1 Å². The lowest BCUT2D eigenvalue weighted by Crippen LogP contribution is -2.00. The molecule has 2 aromatic carbocycles. The smallest absolute Gasteiger partial charge is 0.260 e. The maximum atomic E-state index is 9.48. The number of hydrogen-bond acceptors (Lipinski definition) is 5. The highest BCUT2D eigenvalue weighted by Crippen LogP contribution is 2.26. The second-order valence-electron chi connectivity index (χ2n) is 4.72. The average Bonchev–Trinajstić information content (AvgIpc) is 2.92. The standard InChI is InChI=1S/C16H15N3O2/c1-11-18-16(21-19-11)14-7-2-3-8-15(14)17-10-12-5-4-6-13(20)9-12/h2-9,17,20H,10H2,1H3. The molecule has 5 heteroatoms. The lowest BCUT2D eigenvalue weighted by atomic mass is 10.1. The van der Waals surface area contributed by atoms with Gasteiger partial charge >= 0.3 is 0 Å². The van der Waals surface area contributed by atoms with Crippen LogP contribution in [0.5, 0.6) is 5.75 Å². The Labute approximate surface area is 122 Å². The predicted molar refractivity (Wildman–Crippen MR) is 79.9 cm³/mol. The molecule has 0 aliphatic rings. The van der Waals surface area contributed by atoms with E-state index in [1.165, 1.54) is 0 Å². The van der Waals surface area contributed by atoms with Gasteiger partial charge in [-0.15, -0.1) is 0 Å². The van der Waals surface area contributed by atoms with Crippen LogP contribution in [0.15, 0.2) is 53.1 Å². The van der Waals surface area contributed by atoms with Crippen LogP contribution in [0.1, 0.15) is 11.4 Å². The van der Waals surface area contributed by atoms with Crippen molar-refractivity contribution in [2.75, 3.05) is 5.32 Å². The number of para-hydroxylation sites is 1.